The summed E-state index contributed by atoms with van der Waals surface area (Å²) in [6.45, 7) is 5.40. The van der Waals surface area contributed by atoms with Crippen LogP contribution < -0.4 is 16.4 Å². The van der Waals surface area contributed by atoms with Gasteiger partial charge in [0.2, 0.25) is 0 Å². The second kappa shape index (κ2) is 8.53. The second-order valence-electron chi connectivity index (χ2n) is 9.79. The smallest absolute Gasteiger partial charge is 0.259 e. The molecule has 4 aliphatic rings. The summed E-state index contributed by atoms with van der Waals surface area (Å²) in [5, 5.41) is 0. The Bertz CT molecular complexity index is 1060. The van der Waals surface area contributed by atoms with Gasteiger partial charge in [-0.1, -0.05) is 0 Å². The zero-order valence-electron chi connectivity index (χ0n) is 19.4. The third-order valence-corrected chi connectivity index (χ3v) is 7.11. The summed E-state index contributed by atoms with van der Waals surface area (Å²) < 4.78 is 22.2. The van der Waals surface area contributed by atoms with Crippen molar-refractivity contribution in [2.24, 2.45) is 0 Å². The highest BCUT2D eigenvalue weighted by Gasteiger charge is 2.37. The molecule has 0 spiro atoms. The second-order valence-corrected chi connectivity index (χ2v) is 9.79. The summed E-state index contributed by atoms with van der Waals surface area (Å²) >= 11 is 0. The van der Waals surface area contributed by atoms with Crippen LogP contribution in [0.1, 0.15) is 32.6 Å². The van der Waals surface area contributed by atoms with E-state index in [1.165, 1.54) is 0 Å². The summed E-state index contributed by atoms with van der Waals surface area (Å²) in [6.07, 6.45) is 2.57. The molecule has 4 aliphatic heterocycles. The van der Waals surface area contributed by atoms with Crippen molar-refractivity contribution < 1.29 is 23.7 Å². The molecule has 0 radical (unpaired) electrons. The first-order valence-corrected chi connectivity index (χ1v) is 12.0. The van der Waals surface area contributed by atoms with Crippen molar-refractivity contribution in [1.29, 1.82) is 0 Å². The predicted octanol–water partition coefficient (Wildman–Crippen LogP) is 2.03. The van der Waals surface area contributed by atoms with Crippen LogP contribution in [0.2, 0.25) is 0 Å². The molecule has 2 aromatic rings. The highest BCUT2D eigenvalue weighted by atomic mass is 16.6. The standard InChI is InChI=1S/C26H31N3O5/c1-14-21(6-17-10-31-17)24(23(8-19-12-33-19)25(28)22(14)7-18-11-32-18)26(30)29(9-20-13-34-20)16-4-2-15(27)3-5-16/h2-5,17-20H,6-13,27-28H2,1H3. The first kappa shape index (κ1) is 21.9. The minimum atomic E-state index is -0.0596. The number of ether oxygens (including phenoxy) is 4. The van der Waals surface area contributed by atoms with Crippen LogP contribution >= 0.6 is 0 Å². The van der Waals surface area contributed by atoms with Gasteiger partial charge < -0.3 is 35.3 Å². The molecule has 34 heavy (non-hydrogen) atoms. The van der Waals surface area contributed by atoms with E-state index in [9.17, 15) is 4.79 Å². The number of hydrogen-bond donors (Lipinski definition) is 2. The maximum absolute atomic E-state index is 14.4. The first-order chi connectivity index (χ1) is 16.5. The van der Waals surface area contributed by atoms with Gasteiger partial charge in [0.25, 0.3) is 5.91 Å². The molecular weight excluding hydrogens is 434 g/mol. The number of epoxide rings is 4. The van der Waals surface area contributed by atoms with Crippen LogP contribution in [-0.4, -0.2) is 63.3 Å². The molecule has 8 heteroatoms. The van der Waals surface area contributed by atoms with Crippen LogP contribution in [0, 0.1) is 6.92 Å². The average molecular weight is 466 g/mol. The van der Waals surface area contributed by atoms with Crippen LogP contribution in [0.3, 0.4) is 0 Å². The van der Waals surface area contributed by atoms with Crippen molar-refractivity contribution in [3.63, 3.8) is 0 Å². The van der Waals surface area contributed by atoms with Crippen LogP contribution in [0.5, 0.6) is 0 Å². The molecule has 4 heterocycles. The van der Waals surface area contributed by atoms with Gasteiger partial charge in [-0.15, -0.1) is 0 Å². The molecule has 0 aliphatic carbocycles. The molecule has 4 atom stereocenters. The zero-order valence-corrected chi connectivity index (χ0v) is 19.4. The number of anilines is 3. The van der Waals surface area contributed by atoms with Crippen LogP contribution in [0.25, 0.3) is 0 Å². The number of benzene rings is 2. The van der Waals surface area contributed by atoms with Crippen molar-refractivity contribution in [3.8, 4) is 0 Å². The van der Waals surface area contributed by atoms with Crippen LogP contribution in [0.4, 0.5) is 17.1 Å². The van der Waals surface area contributed by atoms with E-state index in [0.29, 0.717) is 49.5 Å². The van der Waals surface area contributed by atoms with E-state index in [-0.39, 0.29) is 30.3 Å². The fourth-order valence-electron chi connectivity index (χ4n) is 4.77. The van der Waals surface area contributed by atoms with Crippen molar-refractivity contribution in [2.45, 2.75) is 50.6 Å². The van der Waals surface area contributed by atoms with E-state index in [4.69, 9.17) is 30.4 Å². The number of rotatable bonds is 10. The summed E-state index contributed by atoms with van der Waals surface area (Å²) in [6, 6.07) is 7.41. The van der Waals surface area contributed by atoms with Crippen molar-refractivity contribution in [1.82, 2.24) is 0 Å². The van der Waals surface area contributed by atoms with Gasteiger partial charge in [0.15, 0.2) is 0 Å². The van der Waals surface area contributed by atoms with Gasteiger partial charge in [-0.3, -0.25) is 4.79 Å². The van der Waals surface area contributed by atoms with Gasteiger partial charge in [-0.25, -0.2) is 0 Å². The summed E-state index contributed by atoms with van der Waals surface area (Å²) in [4.78, 5) is 16.2. The monoisotopic (exact) mass is 465 g/mol. The van der Waals surface area contributed by atoms with Gasteiger partial charge in [0.1, 0.15) is 0 Å². The van der Waals surface area contributed by atoms with Crippen molar-refractivity contribution in [2.75, 3.05) is 49.3 Å². The zero-order chi connectivity index (χ0) is 23.4. The molecule has 8 nitrogen and oxygen atoms in total. The Labute approximate surface area is 199 Å². The number of hydrogen-bond acceptors (Lipinski definition) is 7. The molecule has 0 aromatic heterocycles. The fraction of sp³-hybridized carbons (Fsp3) is 0.500. The summed E-state index contributed by atoms with van der Waals surface area (Å²) in [5.74, 6) is -0.0596. The van der Waals surface area contributed by atoms with Gasteiger partial charge >= 0.3 is 0 Å². The number of carbonyl (C=O) groups excluding carboxylic acids is 1. The lowest BCUT2D eigenvalue weighted by Crippen LogP contribution is -2.36. The third-order valence-electron chi connectivity index (χ3n) is 7.11. The largest absolute Gasteiger partial charge is 0.399 e. The van der Waals surface area contributed by atoms with Crippen LogP contribution in [-0.2, 0) is 38.2 Å². The Morgan fingerprint density at radius 2 is 1.32 bits per heavy atom. The lowest BCUT2D eigenvalue weighted by molar-refractivity contribution is 0.0982. The summed E-state index contributed by atoms with van der Waals surface area (Å²) in [7, 11) is 0. The lowest BCUT2D eigenvalue weighted by atomic mass is 9.84. The maximum atomic E-state index is 14.4. The van der Waals surface area contributed by atoms with Crippen molar-refractivity contribution in [3.05, 3.63) is 52.1 Å². The quantitative estimate of drug-likeness (QED) is 0.407. The fourth-order valence-corrected chi connectivity index (χ4v) is 4.77. The Hall–Kier alpha value is -2.65. The predicted molar refractivity (Wildman–Crippen MR) is 128 cm³/mol. The molecular formula is C26H31N3O5. The Kier molecular flexibility index (Phi) is 5.49. The van der Waals surface area contributed by atoms with E-state index in [2.05, 4.69) is 6.92 Å². The highest BCUT2D eigenvalue weighted by molar-refractivity contribution is 6.09. The van der Waals surface area contributed by atoms with E-state index < -0.39 is 0 Å². The molecule has 6 rings (SSSR count). The molecule has 2 aromatic carbocycles. The highest BCUT2D eigenvalue weighted by Crippen LogP contribution is 2.38. The summed E-state index contributed by atoms with van der Waals surface area (Å²) in [5.41, 5.74) is 19.7. The van der Waals surface area contributed by atoms with E-state index in [1.807, 2.05) is 29.2 Å². The number of amides is 1. The van der Waals surface area contributed by atoms with E-state index in [0.717, 1.165) is 47.6 Å². The Balaban J connectivity index is 1.47. The molecule has 4 fully saturated rings. The lowest BCUT2D eigenvalue weighted by Gasteiger charge is -2.28. The van der Waals surface area contributed by atoms with E-state index >= 15 is 0 Å². The molecule has 4 unspecified atom stereocenters. The van der Waals surface area contributed by atoms with Gasteiger partial charge in [-0.2, -0.15) is 0 Å². The SMILES string of the molecule is Cc1c(CC2CO2)c(N)c(CC2CO2)c(C(=O)N(CC2CO2)c2ccc(N)cc2)c1CC1CO1. The number of nitrogens with zero attached hydrogens (tertiary/aromatic N) is 1. The number of nitrogen functional groups attached to an aromatic ring is 2. The number of carbonyl (C=O) groups is 1. The Morgan fingerprint density at radius 3 is 1.85 bits per heavy atom. The number of nitrogens with two attached hydrogens (primary N) is 2. The molecule has 4 N–H and O–H groups in total. The third kappa shape index (κ3) is 4.63. The topological polar surface area (TPSA) is 122 Å². The molecule has 180 valence electrons. The molecule has 1 amide bonds. The minimum absolute atomic E-state index is 0.0386. The normalized spacial score (nSPS) is 26.3. The van der Waals surface area contributed by atoms with Gasteiger partial charge in [-0.05, 0) is 53.4 Å². The maximum Gasteiger partial charge on any atom is 0.259 e. The Morgan fingerprint density at radius 1 is 0.824 bits per heavy atom. The van der Waals surface area contributed by atoms with Gasteiger partial charge in [0, 0.05) is 41.9 Å². The van der Waals surface area contributed by atoms with Crippen LogP contribution in [0.15, 0.2) is 24.3 Å². The molecule has 4 saturated heterocycles. The molecule has 0 saturated carbocycles. The molecule has 0 bridgehead atoms. The first-order valence-electron chi connectivity index (χ1n) is 12.0. The van der Waals surface area contributed by atoms with E-state index in [1.54, 1.807) is 0 Å². The average Bonchev–Trinajstić information content (AvgIpc) is 3.64. The van der Waals surface area contributed by atoms with Gasteiger partial charge in [0.05, 0.1) is 57.4 Å². The minimum Gasteiger partial charge on any atom is -0.399 e. The van der Waals surface area contributed by atoms with Crippen molar-refractivity contribution >= 4 is 23.0 Å².